The van der Waals surface area contributed by atoms with Gasteiger partial charge in [-0.1, -0.05) is 24.6 Å². The highest BCUT2D eigenvalue weighted by Gasteiger charge is 2.20. The lowest BCUT2D eigenvalue weighted by Crippen LogP contribution is -2.35. The molecule has 3 rings (SSSR count). The van der Waals surface area contributed by atoms with Crippen LogP contribution < -0.4 is 10.2 Å². The second-order valence-corrected chi connectivity index (χ2v) is 6.67. The maximum atomic E-state index is 12.5. The first-order valence-corrected chi connectivity index (χ1v) is 8.50. The van der Waals surface area contributed by atoms with Crippen LogP contribution in [0.4, 0.5) is 11.5 Å². The van der Waals surface area contributed by atoms with Gasteiger partial charge in [-0.15, -0.1) is 0 Å². The molecule has 1 amide bonds. The van der Waals surface area contributed by atoms with E-state index in [2.05, 4.69) is 27.1 Å². The van der Waals surface area contributed by atoms with Gasteiger partial charge in [0.25, 0.3) is 5.91 Å². The molecule has 1 atom stereocenters. The Morgan fingerprint density at radius 1 is 1.21 bits per heavy atom. The monoisotopic (exact) mass is 324 g/mol. The molecule has 0 bridgehead atoms. The zero-order chi connectivity index (χ0) is 17.1. The number of benzene rings is 1. The van der Waals surface area contributed by atoms with Crippen LogP contribution in [0.1, 0.15) is 41.6 Å². The minimum Gasteiger partial charge on any atom is -0.356 e. The van der Waals surface area contributed by atoms with Crippen molar-refractivity contribution in [1.82, 2.24) is 9.97 Å². The molecule has 1 saturated heterocycles. The van der Waals surface area contributed by atoms with Crippen molar-refractivity contribution in [3.63, 3.8) is 0 Å². The van der Waals surface area contributed by atoms with E-state index in [9.17, 15) is 4.79 Å². The van der Waals surface area contributed by atoms with Gasteiger partial charge in [-0.25, -0.2) is 9.97 Å². The third kappa shape index (κ3) is 3.91. The van der Waals surface area contributed by atoms with Crippen molar-refractivity contribution in [2.75, 3.05) is 23.3 Å². The summed E-state index contributed by atoms with van der Waals surface area (Å²) in [6.07, 6.45) is 2.41. The number of carbonyl (C=O) groups excluding carboxylic acids is 1. The lowest BCUT2D eigenvalue weighted by molar-refractivity contribution is 0.102. The Labute approximate surface area is 143 Å². The predicted molar refractivity (Wildman–Crippen MR) is 96.5 cm³/mol. The molecule has 0 spiro atoms. The van der Waals surface area contributed by atoms with Crippen LogP contribution in [0.15, 0.2) is 30.3 Å². The molecule has 24 heavy (non-hydrogen) atoms. The molecule has 1 fully saturated rings. The Morgan fingerprint density at radius 2 is 1.96 bits per heavy atom. The summed E-state index contributed by atoms with van der Waals surface area (Å²) in [5.41, 5.74) is 2.35. The van der Waals surface area contributed by atoms with Gasteiger partial charge in [0, 0.05) is 24.8 Å². The molecule has 126 valence electrons. The molecule has 5 heteroatoms. The number of aromatic nitrogens is 2. The summed E-state index contributed by atoms with van der Waals surface area (Å²) >= 11 is 0. The number of hydrogen-bond acceptors (Lipinski definition) is 4. The van der Waals surface area contributed by atoms with E-state index in [1.54, 1.807) is 6.07 Å². The van der Waals surface area contributed by atoms with Crippen molar-refractivity contribution >= 4 is 17.4 Å². The summed E-state index contributed by atoms with van der Waals surface area (Å²) < 4.78 is 0. The Kier molecular flexibility index (Phi) is 4.79. The van der Waals surface area contributed by atoms with Crippen LogP contribution in [0.3, 0.4) is 0 Å². The normalized spacial score (nSPS) is 17.6. The van der Waals surface area contributed by atoms with Gasteiger partial charge >= 0.3 is 0 Å². The minimum absolute atomic E-state index is 0.198. The number of amides is 1. The van der Waals surface area contributed by atoms with Crippen molar-refractivity contribution in [2.45, 2.75) is 33.6 Å². The van der Waals surface area contributed by atoms with Crippen molar-refractivity contribution in [3.8, 4) is 0 Å². The number of nitrogens with zero attached hydrogens (tertiary/aromatic N) is 3. The highest BCUT2D eigenvalue weighted by Crippen LogP contribution is 2.22. The SMILES string of the molecule is Cc1ccc(NC(=O)c2cc(N3CCCC(C)C3)nc(C)n2)cc1. The number of anilines is 2. The Bertz CT molecular complexity index is 727. The quantitative estimate of drug-likeness (QED) is 0.937. The number of rotatable bonds is 3. The second-order valence-electron chi connectivity index (χ2n) is 6.67. The number of aryl methyl sites for hydroxylation is 2. The Morgan fingerprint density at radius 3 is 2.67 bits per heavy atom. The van der Waals surface area contributed by atoms with Crippen molar-refractivity contribution in [2.24, 2.45) is 5.92 Å². The number of nitrogens with one attached hydrogen (secondary N) is 1. The van der Waals surface area contributed by atoms with Crippen molar-refractivity contribution in [1.29, 1.82) is 0 Å². The summed E-state index contributed by atoms with van der Waals surface area (Å²) in [6.45, 7) is 8.07. The molecule has 1 aromatic heterocycles. The summed E-state index contributed by atoms with van der Waals surface area (Å²) in [5, 5.41) is 2.90. The molecular formula is C19H24N4O. The number of piperidine rings is 1. The lowest BCUT2D eigenvalue weighted by Gasteiger charge is -2.32. The van der Waals surface area contributed by atoms with Crippen LogP contribution in [0.2, 0.25) is 0 Å². The lowest BCUT2D eigenvalue weighted by atomic mass is 10.0. The standard InChI is InChI=1S/C19H24N4O/c1-13-6-8-16(9-7-13)22-19(24)17-11-18(21-15(3)20-17)23-10-4-5-14(2)12-23/h6-9,11,14H,4-5,10,12H2,1-3H3,(H,22,24). The molecule has 2 heterocycles. The fraction of sp³-hybridized carbons (Fsp3) is 0.421. The van der Waals surface area contributed by atoms with Crippen LogP contribution in [-0.2, 0) is 0 Å². The number of hydrogen-bond donors (Lipinski definition) is 1. The summed E-state index contributed by atoms with van der Waals surface area (Å²) in [6, 6.07) is 9.54. The van der Waals surface area contributed by atoms with Gasteiger partial charge in [-0.2, -0.15) is 0 Å². The molecule has 5 nitrogen and oxygen atoms in total. The smallest absolute Gasteiger partial charge is 0.274 e. The average molecular weight is 324 g/mol. The summed E-state index contributed by atoms with van der Waals surface area (Å²) in [5.74, 6) is 1.93. The molecule has 1 unspecified atom stereocenters. The van der Waals surface area contributed by atoms with Gasteiger partial charge in [0.1, 0.15) is 17.3 Å². The maximum absolute atomic E-state index is 12.5. The van der Waals surface area contributed by atoms with Crippen molar-refractivity contribution < 1.29 is 4.79 Å². The van der Waals surface area contributed by atoms with Crippen LogP contribution in [-0.4, -0.2) is 29.0 Å². The highest BCUT2D eigenvalue weighted by molar-refractivity contribution is 6.03. The van der Waals surface area contributed by atoms with Gasteiger partial charge in [-0.3, -0.25) is 4.79 Å². The third-order valence-electron chi connectivity index (χ3n) is 4.35. The first kappa shape index (κ1) is 16.4. The Balaban J connectivity index is 1.79. The first-order chi connectivity index (χ1) is 11.5. The predicted octanol–water partition coefficient (Wildman–Crippen LogP) is 3.58. The third-order valence-corrected chi connectivity index (χ3v) is 4.35. The van der Waals surface area contributed by atoms with E-state index in [-0.39, 0.29) is 5.91 Å². The second kappa shape index (κ2) is 6.99. The van der Waals surface area contributed by atoms with Gasteiger partial charge in [-0.05, 0) is 44.7 Å². The van der Waals surface area contributed by atoms with Crippen molar-refractivity contribution in [3.05, 3.63) is 47.4 Å². The Hall–Kier alpha value is -2.43. The molecule has 1 aliphatic rings. The molecule has 0 saturated carbocycles. The van der Waals surface area contributed by atoms with E-state index in [4.69, 9.17) is 0 Å². The summed E-state index contributed by atoms with van der Waals surface area (Å²) in [7, 11) is 0. The van der Waals surface area contributed by atoms with Gasteiger partial charge in [0.15, 0.2) is 0 Å². The van der Waals surface area contributed by atoms with E-state index >= 15 is 0 Å². The average Bonchev–Trinajstić information content (AvgIpc) is 2.56. The fourth-order valence-electron chi connectivity index (χ4n) is 3.06. The van der Waals surface area contributed by atoms with E-state index in [1.807, 2.05) is 38.1 Å². The molecular weight excluding hydrogens is 300 g/mol. The minimum atomic E-state index is -0.198. The van der Waals surface area contributed by atoms with Crippen LogP contribution in [0.25, 0.3) is 0 Å². The van der Waals surface area contributed by atoms with E-state index in [0.29, 0.717) is 17.4 Å². The summed E-state index contributed by atoms with van der Waals surface area (Å²) in [4.78, 5) is 23.6. The first-order valence-electron chi connectivity index (χ1n) is 8.50. The largest absolute Gasteiger partial charge is 0.356 e. The molecule has 2 aromatic rings. The zero-order valence-electron chi connectivity index (χ0n) is 14.5. The van der Waals surface area contributed by atoms with E-state index in [1.165, 1.54) is 6.42 Å². The molecule has 1 aliphatic heterocycles. The van der Waals surface area contributed by atoms with Gasteiger partial charge in [0.2, 0.25) is 0 Å². The molecule has 0 aliphatic carbocycles. The molecule has 1 aromatic carbocycles. The maximum Gasteiger partial charge on any atom is 0.274 e. The van der Waals surface area contributed by atoms with Gasteiger partial charge in [0.05, 0.1) is 0 Å². The van der Waals surface area contributed by atoms with Crippen LogP contribution in [0.5, 0.6) is 0 Å². The highest BCUT2D eigenvalue weighted by atomic mass is 16.1. The fourth-order valence-corrected chi connectivity index (χ4v) is 3.06. The van der Waals surface area contributed by atoms with Crippen LogP contribution >= 0.6 is 0 Å². The van der Waals surface area contributed by atoms with E-state index < -0.39 is 0 Å². The topological polar surface area (TPSA) is 58.1 Å². The number of carbonyl (C=O) groups is 1. The van der Waals surface area contributed by atoms with Crippen LogP contribution in [0, 0.1) is 19.8 Å². The van der Waals surface area contributed by atoms with E-state index in [0.717, 1.165) is 36.6 Å². The van der Waals surface area contributed by atoms with Gasteiger partial charge < -0.3 is 10.2 Å². The molecule has 1 N–H and O–H groups in total. The molecule has 0 radical (unpaired) electrons. The zero-order valence-corrected chi connectivity index (χ0v) is 14.5.